The normalized spacial score (nSPS) is 12.0. The van der Waals surface area contributed by atoms with Crippen LogP contribution in [0.4, 0.5) is 5.69 Å². The third-order valence-corrected chi connectivity index (χ3v) is 4.11. The second kappa shape index (κ2) is 6.84. The van der Waals surface area contributed by atoms with E-state index >= 15 is 0 Å². The molecule has 1 heterocycles. The van der Waals surface area contributed by atoms with E-state index in [-0.39, 0.29) is 5.91 Å². The molecular weight excluding hydrogens is 314 g/mol. The Labute approximate surface area is 146 Å². The maximum absolute atomic E-state index is 12.6. The average Bonchev–Trinajstić information content (AvgIpc) is 3.08. The molecule has 6 heteroatoms. The standard InChI is InChI=1S/C19H21N5O/c1-12-10-13(2)17(14(3)11-12)20-19(25)15(4)24-22-18(21-23-24)16-8-6-5-7-9-16/h5-11,15H,1-4H3,(H,20,25). The number of amides is 1. The van der Waals surface area contributed by atoms with Gasteiger partial charge in [0.15, 0.2) is 0 Å². The first kappa shape index (κ1) is 16.8. The molecule has 3 aromatic rings. The van der Waals surface area contributed by atoms with Crippen molar-refractivity contribution in [1.29, 1.82) is 0 Å². The smallest absolute Gasteiger partial charge is 0.250 e. The summed E-state index contributed by atoms with van der Waals surface area (Å²) in [5.74, 6) is 0.329. The van der Waals surface area contributed by atoms with Crippen LogP contribution in [0.1, 0.15) is 29.7 Å². The van der Waals surface area contributed by atoms with Crippen LogP contribution in [0.3, 0.4) is 0 Å². The summed E-state index contributed by atoms with van der Waals surface area (Å²) in [6.45, 7) is 7.77. The minimum Gasteiger partial charge on any atom is -0.324 e. The van der Waals surface area contributed by atoms with Crippen LogP contribution >= 0.6 is 0 Å². The minimum absolute atomic E-state index is 0.174. The van der Waals surface area contributed by atoms with Gasteiger partial charge in [0.1, 0.15) is 6.04 Å². The van der Waals surface area contributed by atoms with E-state index < -0.39 is 6.04 Å². The van der Waals surface area contributed by atoms with Crippen LogP contribution in [0.5, 0.6) is 0 Å². The predicted octanol–water partition coefficient (Wildman–Crippen LogP) is 3.47. The third-order valence-electron chi connectivity index (χ3n) is 4.11. The molecule has 1 aromatic heterocycles. The van der Waals surface area contributed by atoms with E-state index in [4.69, 9.17) is 0 Å². The lowest BCUT2D eigenvalue weighted by Crippen LogP contribution is -2.26. The molecule has 1 atom stereocenters. The number of hydrogen-bond donors (Lipinski definition) is 1. The van der Waals surface area contributed by atoms with Crippen molar-refractivity contribution in [3.05, 3.63) is 59.2 Å². The van der Waals surface area contributed by atoms with E-state index in [1.165, 1.54) is 10.4 Å². The maximum atomic E-state index is 12.6. The Morgan fingerprint density at radius 1 is 1.08 bits per heavy atom. The summed E-state index contributed by atoms with van der Waals surface area (Å²) in [5.41, 5.74) is 4.95. The van der Waals surface area contributed by atoms with E-state index in [9.17, 15) is 4.79 Å². The number of benzene rings is 2. The minimum atomic E-state index is -0.565. The quantitative estimate of drug-likeness (QED) is 0.792. The molecule has 2 aromatic carbocycles. The van der Waals surface area contributed by atoms with Gasteiger partial charge in [-0.25, -0.2) is 0 Å². The summed E-state index contributed by atoms with van der Waals surface area (Å²) in [7, 11) is 0. The Morgan fingerprint density at radius 2 is 1.72 bits per heavy atom. The highest BCUT2D eigenvalue weighted by Crippen LogP contribution is 2.23. The molecule has 1 N–H and O–H groups in total. The van der Waals surface area contributed by atoms with Gasteiger partial charge in [0.2, 0.25) is 5.82 Å². The van der Waals surface area contributed by atoms with Crippen LogP contribution in [-0.2, 0) is 4.79 Å². The van der Waals surface area contributed by atoms with Crippen LogP contribution in [0.25, 0.3) is 11.4 Å². The van der Waals surface area contributed by atoms with Crippen LogP contribution in [-0.4, -0.2) is 26.1 Å². The molecule has 0 aliphatic heterocycles. The molecular formula is C19H21N5O. The SMILES string of the molecule is Cc1cc(C)c(NC(=O)C(C)n2nnc(-c3ccccc3)n2)c(C)c1. The first-order chi connectivity index (χ1) is 12.0. The molecule has 0 saturated carbocycles. The van der Waals surface area contributed by atoms with Crippen molar-refractivity contribution >= 4 is 11.6 Å². The lowest BCUT2D eigenvalue weighted by Gasteiger charge is -2.15. The molecule has 0 fully saturated rings. The molecule has 25 heavy (non-hydrogen) atoms. The van der Waals surface area contributed by atoms with Crippen molar-refractivity contribution in [1.82, 2.24) is 20.2 Å². The third kappa shape index (κ3) is 3.57. The van der Waals surface area contributed by atoms with Gasteiger partial charge in [-0.05, 0) is 44.0 Å². The van der Waals surface area contributed by atoms with Gasteiger partial charge in [0, 0.05) is 11.3 Å². The Morgan fingerprint density at radius 3 is 2.36 bits per heavy atom. The molecule has 0 radical (unpaired) electrons. The number of aromatic nitrogens is 4. The Hall–Kier alpha value is -3.02. The summed E-state index contributed by atoms with van der Waals surface area (Å²) < 4.78 is 0. The lowest BCUT2D eigenvalue weighted by molar-refractivity contribution is -0.119. The molecule has 0 spiro atoms. The largest absolute Gasteiger partial charge is 0.324 e. The highest BCUT2D eigenvalue weighted by Gasteiger charge is 2.20. The number of nitrogens with one attached hydrogen (secondary N) is 1. The van der Waals surface area contributed by atoms with Gasteiger partial charge >= 0.3 is 0 Å². The van der Waals surface area contributed by atoms with E-state index in [0.717, 1.165) is 22.4 Å². The van der Waals surface area contributed by atoms with Crippen molar-refractivity contribution in [2.75, 3.05) is 5.32 Å². The Bertz CT molecular complexity index is 878. The lowest BCUT2D eigenvalue weighted by atomic mass is 10.0. The zero-order valence-corrected chi connectivity index (χ0v) is 14.8. The molecule has 0 aliphatic rings. The van der Waals surface area contributed by atoms with Crippen molar-refractivity contribution in [3.8, 4) is 11.4 Å². The number of anilines is 1. The van der Waals surface area contributed by atoms with Gasteiger partial charge in [0.05, 0.1) is 0 Å². The Kier molecular flexibility index (Phi) is 4.61. The molecule has 0 aliphatic carbocycles. The summed E-state index contributed by atoms with van der Waals surface area (Å²) in [6, 6.07) is 13.1. The average molecular weight is 335 g/mol. The monoisotopic (exact) mass is 335 g/mol. The Balaban J connectivity index is 1.79. The fourth-order valence-electron chi connectivity index (χ4n) is 2.80. The summed E-state index contributed by atoms with van der Waals surface area (Å²) in [4.78, 5) is 14.0. The number of rotatable bonds is 4. The number of tetrazole rings is 1. The second-order valence-electron chi connectivity index (χ2n) is 6.24. The van der Waals surface area contributed by atoms with Gasteiger partial charge in [0.25, 0.3) is 5.91 Å². The number of carbonyl (C=O) groups excluding carboxylic acids is 1. The van der Waals surface area contributed by atoms with Crippen molar-refractivity contribution in [2.24, 2.45) is 0 Å². The van der Waals surface area contributed by atoms with E-state index in [2.05, 4.69) is 32.9 Å². The van der Waals surface area contributed by atoms with Gasteiger partial charge < -0.3 is 5.32 Å². The van der Waals surface area contributed by atoms with Crippen LogP contribution in [0, 0.1) is 20.8 Å². The number of aryl methyl sites for hydroxylation is 3. The molecule has 128 valence electrons. The zero-order chi connectivity index (χ0) is 18.0. The molecule has 1 amide bonds. The summed E-state index contributed by atoms with van der Waals surface area (Å²) >= 11 is 0. The molecule has 0 bridgehead atoms. The van der Waals surface area contributed by atoms with Crippen molar-refractivity contribution < 1.29 is 4.79 Å². The van der Waals surface area contributed by atoms with Crippen molar-refractivity contribution in [3.63, 3.8) is 0 Å². The van der Waals surface area contributed by atoms with Crippen LogP contribution in [0.15, 0.2) is 42.5 Å². The number of carbonyl (C=O) groups is 1. The fourth-order valence-corrected chi connectivity index (χ4v) is 2.80. The van der Waals surface area contributed by atoms with Crippen LogP contribution < -0.4 is 5.32 Å². The van der Waals surface area contributed by atoms with Crippen molar-refractivity contribution in [2.45, 2.75) is 33.7 Å². The highest BCUT2D eigenvalue weighted by atomic mass is 16.2. The predicted molar refractivity (Wildman–Crippen MR) is 97.2 cm³/mol. The fraction of sp³-hybridized carbons (Fsp3) is 0.263. The van der Waals surface area contributed by atoms with Crippen LogP contribution in [0.2, 0.25) is 0 Å². The van der Waals surface area contributed by atoms with Gasteiger partial charge in [-0.3, -0.25) is 4.79 Å². The highest BCUT2D eigenvalue weighted by molar-refractivity contribution is 5.94. The number of hydrogen-bond acceptors (Lipinski definition) is 4. The molecule has 0 saturated heterocycles. The van der Waals surface area contributed by atoms with Gasteiger partial charge in [-0.15, -0.1) is 10.2 Å². The van der Waals surface area contributed by atoms with E-state index in [0.29, 0.717) is 5.82 Å². The molecule has 6 nitrogen and oxygen atoms in total. The first-order valence-electron chi connectivity index (χ1n) is 8.19. The topological polar surface area (TPSA) is 72.7 Å². The second-order valence-corrected chi connectivity index (χ2v) is 6.24. The van der Waals surface area contributed by atoms with E-state index in [1.54, 1.807) is 6.92 Å². The van der Waals surface area contributed by atoms with Gasteiger partial charge in [-0.2, -0.15) is 4.80 Å². The van der Waals surface area contributed by atoms with Gasteiger partial charge in [-0.1, -0.05) is 48.0 Å². The first-order valence-corrected chi connectivity index (χ1v) is 8.19. The molecule has 3 rings (SSSR count). The summed E-state index contributed by atoms with van der Waals surface area (Å²) in [6.07, 6.45) is 0. The maximum Gasteiger partial charge on any atom is 0.250 e. The molecule has 1 unspecified atom stereocenters. The number of nitrogens with zero attached hydrogens (tertiary/aromatic N) is 4. The zero-order valence-electron chi connectivity index (χ0n) is 14.8. The summed E-state index contributed by atoms with van der Waals surface area (Å²) in [5, 5.41) is 15.4. The van der Waals surface area contributed by atoms with E-state index in [1.807, 2.05) is 51.1 Å².